The van der Waals surface area contributed by atoms with Crippen LogP contribution in [0.25, 0.3) is 0 Å². The molecule has 28 heavy (non-hydrogen) atoms. The van der Waals surface area contributed by atoms with Gasteiger partial charge in [0.05, 0.1) is 12.7 Å². The van der Waals surface area contributed by atoms with E-state index in [4.69, 9.17) is 4.74 Å². The summed E-state index contributed by atoms with van der Waals surface area (Å²) in [7, 11) is 1.58. The Kier molecular flexibility index (Phi) is 6.31. The van der Waals surface area contributed by atoms with Crippen molar-refractivity contribution in [1.29, 1.82) is 0 Å². The number of piperidine rings is 1. The summed E-state index contributed by atoms with van der Waals surface area (Å²) in [6.07, 6.45) is 7.60. The number of amides is 2. The predicted octanol–water partition coefficient (Wildman–Crippen LogP) is 4.86. The Balaban J connectivity index is 1.76. The van der Waals surface area contributed by atoms with Crippen LogP contribution in [0.4, 0.5) is 5.69 Å². The van der Waals surface area contributed by atoms with Gasteiger partial charge in [0.2, 0.25) is 5.91 Å². The minimum atomic E-state index is -0.0745. The fourth-order valence-electron chi connectivity index (χ4n) is 4.66. The van der Waals surface area contributed by atoms with Crippen LogP contribution in [0.3, 0.4) is 0 Å². The number of ether oxygens (including phenoxy) is 1. The van der Waals surface area contributed by atoms with Gasteiger partial charge in [0.25, 0.3) is 5.91 Å². The van der Waals surface area contributed by atoms with Gasteiger partial charge in [-0.3, -0.25) is 9.59 Å². The molecule has 2 amide bonds. The zero-order valence-corrected chi connectivity index (χ0v) is 17.7. The Bertz CT molecular complexity index is 721. The van der Waals surface area contributed by atoms with Gasteiger partial charge in [-0.15, -0.1) is 0 Å². The molecule has 2 atom stereocenters. The predicted molar refractivity (Wildman–Crippen MR) is 112 cm³/mol. The van der Waals surface area contributed by atoms with Crippen molar-refractivity contribution >= 4 is 17.5 Å². The second-order valence-electron chi connectivity index (χ2n) is 9.45. The van der Waals surface area contributed by atoms with Crippen LogP contribution < -0.4 is 10.1 Å². The van der Waals surface area contributed by atoms with Crippen LogP contribution >= 0.6 is 0 Å². The molecule has 1 aliphatic heterocycles. The zero-order valence-electron chi connectivity index (χ0n) is 17.7. The molecular weight excluding hydrogens is 352 g/mol. The molecule has 0 bridgehead atoms. The van der Waals surface area contributed by atoms with Gasteiger partial charge in [-0.05, 0) is 49.1 Å². The molecule has 0 aromatic heterocycles. The maximum Gasteiger partial charge on any atom is 0.257 e. The fraction of sp³-hybridized carbons (Fsp3) is 0.652. The highest BCUT2D eigenvalue weighted by Crippen LogP contribution is 2.37. The summed E-state index contributed by atoms with van der Waals surface area (Å²) in [6.45, 7) is 6.93. The molecule has 1 saturated heterocycles. The number of methoxy groups -OCH3 is 1. The first kappa shape index (κ1) is 20.7. The van der Waals surface area contributed by atoms with Crippen molar-refractivity contribution < 1.29 is 14.3 Å². The monoisotopic (exact) mass is 386 g/mol. The first-order valence-corrected chi connectivity index (χ1v) is 10.6. The molecule has 5 nitrogen and oxygen atoms in total. The van der Waals surface area contributed by atoms with E-state index in [1.807, 2.05) is 20.8 Å². The van der Waals surface area contributed by atoms with E-state index in [9.17, 15) is 9.59 Å². The molecule has 2 aliphatic rings. The van der Waals surface area contributed by atoms with Crippen LogP contribution in [0.15, 0.2) is 18.2 Å². The summed E-state index contributed by atoms with van der Waals surface area (Å²) >= 11 is 0. The molecular formula is C23H34N2O3. The molecule has 3 rings (SSSR count). The lowest BCUT2D eigenvalue weighted by Gasteiger charge is -2.44. The first-order chi connectivity index (χ1) is 13.3. The van der Waals surface area contributed by atoms with Crippen LogP contribution in [0.5, 0.6) is 5.75 Å². The van der Waals surface area contributed by atoms with E-state index in [0.717, 1.165) is 19.4 Å². The third-order valence-electron chi connectivity index (χ3n) is 5.91. The normalized spacial score (nSPS) is 22.4. The zero-order chi connectivity index (χ0) is 20.3. The summed E-state index contributed by atoms with van der Waals surface area (Å²) < 4.78 is 5.52. The molecule has 1 heterocycles. The number of nitrogens with one attached hydrogen (secondary N) is 1. The molecule has 1 N–H and O–H groups in total. The van der Waals surface area contributed by atoms with E-state index in [2.05, 4.69) is 10.2 Å². The highest BCUT2D eigenvalue weighted by atomic mass is 16.5. The summed E-state index contributed by atoms with van der Waals surface area (Å²) in [5.74, 6) is 1.20. The Morgan fingerprint density at radius 1 is 1.14 bits per heavy atom. The van der Waals surface area contributed by atoms with Gasteiger partial charge >= 0.3 is 0 Å². The second kappa shape index (κ2) is 8.54. The molecule has 1 aromatic rings. The van der Waals surface area contributed by atoms with Crippen molar-refractivity contribution in [2.45, 2.75) is 71.8 Å². The Morgan fingerprint density at radius 2 is 1.86 bits per heavy atom. The molecule has 1 saturated carbocycles. The van der Waals surface area contributed by atoms with Gasteiger partial charge in [0.15, 0.2) is 0 Å². The van der Waals surface area contributed by atoms with Gasteiger partial charge in [-0.25, -0.2) is 0 Å². The lowest BCUT2D eigenvalue weighted by molar-refractivity contribution is -0.117. The fourth-order valence-corrected chi connectivity index (χ4v) is 4.66. The molecule has 1 aromatic carbocycles. The van der Waals surface area contributed by atoms with Crippen molar-refractivity contribution in [3.63, 3.8) is 0 Å². The minimum absolute atomic E-state index is 0.0327. The third kappa shape index (κ3) is 4.86. The quantitative estimate of drug-likeness (QED) is 0.803. The van der Waals surface area contributed by atoms with E-state index in [-0.39, 0.29) is 17.2 Å². The van der Waals surface area contributed by atoms with Crippen molar-refractivity contribution in [3.8, 4) is 5.75 Å². The number of benzene rings is 1. The van der Waals surface area contributed by atoms with E-state index in [1.54, 1.807) is 25.3 Å². The standard InChI is InChI=1S/C23H34N2O3/c1-23(2,3)15-21(26)24-17-11-12-18(20(14-17)28-4)22(27)25-13-7-9-16-8-5-6-10-19(16)25/h11-12,14,16,19H,5-10,13,15H2,1-4H3,(H,24,26)/t16-,19-/m0/s1. The van der Waals surface area contributed by atoms with E-state index < -0.39 is 0 Å². The summed E-state index contributed by atoms with van der Waals surface area (Å²) in [5, 5.41) is 2.92. The minimum Gasteiger partial charge on any atom is -0.496 e. The van der Waals surface area contributed by atoms with Crippen LogP contribution in [0.2, 0.25) is 0 Å². The number of rotatable bonds is 4. The van der Waals surface area contributed by atoms with E-state index >= 15 is 0 Å². The smallest absolute Gasteiger partial charge is 0.257 e. The number of anilines is 1. The third-order valence-corrected chi connectivity index (χ3v) is 5.91. The average Bonchev–Trinajstić information content (AvgIpc) is 2.65. The van der Waals surface area contributed by atoms with E-state index in [1.165, 1.54) is 25.7 Å². The summed E-state index contributed by atoms with van der Waals surface area (Å²) in [5.41, 5.74) is 1.17. The van der Waals surface area contributed by atoms with Crippen molar-refractivity contribution in [2.75, 3.05) is 19.0 Å². The molecule has 5 heteroatoms. The summed E-state index contributed by atoms with van der Waals surface area (Å²) in [4.78, 5) is 27.6. The van der Waals surface area contributed by atoms with E-state index in [0.29, 0.717) is 35.4 Å². The van der Waals surface area contributed by atoms with Crippen LogP contribution in [-0.2, 0) is 4.79 Å². The maximum absolute atomic E-state index is 13.3. The number of carbonyl (C=O) groups is 2. The molecule has 0 radical (unpaired) electrons. The van der Waals surface area contributed by atoms with Gasteiger partial charge < -0.3 is 15.0 Å². The van der Waals surface area contributed by atoms with Crippen molar-refractivity contribution in [3.05, 3.63) is 23.8 Å². The molecule has 2 fully saturated rings. The Morgan fingerprint density at radius 3 is 2.57 bits per heavy atom. The van der Waals surface area contributed by atoms with Crippen LogP contribution in [-0.4, -0.2) is 36.4 Å². The number of likely N-dealkylation sites (tertiary alicyclic amines) is 1. The maximum atomic E-state index is 13.3. The molecule has 0 spiro atoms. The van der Waals surface area contributed by atoms with Gasteiger partial charge in [0, 0.05) is 30.8 Å². The van der Waals surface area contributed by atoms with Crippen LogP contribution in [0.1, 0.15) is 76.1 Å². The SMILES string of the molecule is COc1cc(NC(=O)CC(C)(C)C)ccc1C(=O)N1CCC[C@@H]2CCCC[C@@H]21. The molecule has 1 aliphatic carbocycles. The highest BCUT2D eigenvalue weighted by Gasteiger charge is 2.36. The number of fused-ring (bicyclic) bond motifs is 1. The lowest BCUT2D eigenvalue weighted by atomic mass is 9.78. The number of hydrogen-bond donors (Lipinski definition) is 1. The van der Waals surface area contributed by atoms with Gasteiger partial charge in [-0.1, -0.05) is 33.6 Å². The molecule has 0 unspecified atom stereocenters. The van der Waals surface area contributed by atoms with Crippen molar-refractivity contribution in [2.24, 2.45) is 11.3 Å². The lowest BCUT2D eigenvalue weighted by Crippen LogP contribution is -2.49. The van der Waals surface area contributed by atoms with Gasteiger partial charge in [-0.2, -0.15) is 0 Å². The number of hydrogen-bond acceptors (Lipinski definition) is 3. The Labute approximate surface area is 168 Å². The Hall–Kier alpha value is -2.04. The van der Waals surface area contributed by atoms with Gasteiger partial charge in [0.1, 0.15) is 5.75 Å². The largest absolute Gasteiger partial charge is 0.496 e. The average molecular weight is 387 g/mol. The van der Waals surface area contributed by atoms with Crippen molar-refractivity contribution in [1.82, 2.24) is 4.90 Å². The highest BCUT2D eigenvalue weighted by molar-refractivity contribution is 5.99. The second-order valence-corrected chi connectivity index (χ2v) is 9.45. The topological polar surface area (TPSA) is 58.6 Å². The number of carbonyl (C=O) groups excluding carboxylic acids is 2. The summed E-state index contributed by atoms with van der Waals surface area (Å²) in [6, 6.07) is 5.72. The van der Waals surface area contributed by atoms with Crippen LogP contribution in [0, 0.1) is 11.3 Å². The first-order valence-electron chi connectivity index (χ1n) is 10.6. The molecule has 154 valence electrons. The number of nitrogens with zero attached hydrogens (tertiary/aromatic N) is 1.